The Balaban J connectivity index is 1.75. The van der Waals surface area contributed by atoms with E-state index in [4.69, 9.17) is 27.8 Å². The number of ether oxygens (including phenoxy) is 2. The second kappa shape index (κ2) is 9.58. The summed E-state index contributed by atoms with van der Waals surface area (Å²) in [7, 11) is 1.31. The molecule has 2 heterocycles. The van der Waals surface area contributed by atoms with Crippen molar-refractivity contribution < 1.29 is 19.1 Å². The average Bonchev–Trinajstić information content (AvgIpc) is 3.11. The third-order valence-electron chi connectivity index (χ3n) is 4.45. The minimum Gasteiger partial charge on any atom is -0.467 e. The molecule has 1 amide bonds. The van der Waals surface area contributed by atoms with E-state index in [0.717, 1.165) is 16.6 Å². The smallest absolute Gasteiger partial charge is 0.331 e. The number of carbonyl (C=O) groups excluding carboxylic acids is 2. The lowest BCUT2D eigenvalue weighted by Crippen LogP contribution is -2.27. The zero-order valence-corrected chi connectivity index (χ0v) is 17.8. The lowest BCUT2D eigenvalue weighted by molar-refractivity contribution is -0.146. The summed E-state index contributed by atoms with van der Waals surface area (Å²) in [6.07, 6.45) is 0. The van der Waals surface area contributed by atoms with Crippen LogP contribution in [0.3, 0.4) is 0 Å². The van der Waals surface area contributed by atoms with Crippen molar-refractivity contribution in [2.24, 2.45) is 0 Å². The highest BCUT2D eigenvalue weighted by molar-refractivity contribution is 6.31. The molecule has 2 aromatic heterocycles. The maximum absolute atomic E-state index is 12.5. The number of carbonyl (C=O) groups is 2. The normalized spacial score (nSPS) is 10.9. The maximum atomic E-state index is 12.5. The number of fused-ring (bicyclic) bond motifs is 1. The Morgan fingerprint density at radius 2 is 1.97 bits per heavy atom. The summed E-state index contributed by atoms with van der Waals surface area (Å²) in [4.78, 5) is 36.0. The van der Waals surface area contributed by atoms with Crippen molar-refractivity contribution >= 4 is 46.1 Å². The van der Waals surface area contributed by atoms with E-state index in [9.17, 15) is 9.59 Å². The molecule has 3 rings (SSSR count). The van der Waals surface area contributed by atoms with E-state index in [1.807, 2.05) is 29.7 Å². The summed E-state index contributed by atoms with van der Waals surface area (Å²) in [6.45, 7) is 2.86. The lowest BCUT2D eigenvalue weighted by Gasteiger charge is -2.09. The molecule has 0 radical (unpaired) electrons. The highest BCUT2D eigenvalue weighted by Gasteiger charge is 2.17. The first-order valence-electron chi connectivity index (χ1n) is 9.33. The largest absolute Gasteiger partial charge is 0.467 e. The van der Waals surface area contributed by atoms with Gasteiger partial charge in [0, 0.05) is 6.54 Å². The quantitative estimate of drug-likeness (QED) is 0.432. The zero-order chi connectivity index (χ0) is 22.5. The van der Waals surface area contributed by atoms with Gasteiger partial charge in [-0.15, -0.1) is 0 Å². The van der Waals surface area contributed by atoms with Gasteiger partial charge in [0.15, 0.2) is 22.5 Å². The first kappa shape index (κ1) is 22.2. The van der Waals surface area contributed by atoms with Crippen molar-refractivity contribution in [2.45, 2.75) is 26.6 Å². The Morgan fingerprint density at radius 1 is 1.19 bits per heavy atom. The van der Waals surface area contributed by atoms with Crippen LogP contribution in [0.15, 0.2) is 18.2 Å². The van der Waals surface area contributed by atoms with E-state index < -0.39 is 11.9 Å². The van der Waals surface area contributed by atoms with E-state index >= 15 is 0 Å². The number of nitrogens with one attached hydrogen (secondary N) is 1. The van der Waals surface area contributed by atoms with Crippen molar-refractivity contribution in [1.29, 1.82) is 0 Å². The number of nitrogen functional groups attached to an aromatic ring is 2. The number of amides is 1. The summed E-state index contributed by atoms with van der Waals surface area (Å²) in [5.74, 6) is -0.495. The molecule has 0 aliphatic heterocycles. The molecule has 0 aliphatic carbocycles. The zero-order valence-electron chi connectivity index (χ0n) is 17.0. The van der Waals surface area contributed by atoms with Gasteiger partial charge in [-0.05, 0) is 24.6 Å². The lowest BCUT2D eigenvalue weighted by atomic mass is 10.2. The van der Waals surface area contributed by atoms with Gasteiger partial charge in [-0.1, -0.05) is 17.7 Å². The van der Waals surface area contributed by atoms with E-state index in [0.29, 0.717) is 12.4 Å². The van der Waals surface area contributed by atoms with Crippen molar-refractivity contribution in [3.8, 4) is 0 Å². The monoisotopic (exact) mass is 447 g/mol. The van der Waals surface area contributed by atoms with Gasteiger partial charge in [0.05, 0.1) is 31.3 Å². The van der Waals surface area contributed by atoms with Gasteiger partial charge < -0.3 is 30.8 Å². The number of benzene rings is 1. The van der Waals surface area contributed by atoms with Crippen molar-refractivity contribution in [3.63, 3.8) is 0 Å². The molecule has 12 heteroatoms. The fraction of sp³-hybridized carbons (Fsp3) is 0.316. The molecule has 0 saturated carbocycles. The molecule has 0 saturated heterocycles. The number of nitrogens with zero attached hydrogens (tertiary/aromatic N) is 4. The molecule has 1 aromatic carbocycles. The molecule has 31 heavy (non-hydrogen) atoms. The number of anilines is 2. The summed E-state index contributed by atoms with van der Waals surface area (Å²) in [5.41, 5.74) is 13.7. The number of aromatic nitrogens is 4. The third-order valence-corrected chi connectivity index (χ3v) is 4.73. The van der Waals surface area contributed by atoms with Crippen LogP contribution in [-0.2, 0) is 34.0 Å². The van der Waals surface area contributed by atoms with Gasteiger partial charge in [0.1, 0.15) is 12.4 Å². The predicted octanol–water partition coefficient (Wildman–Crippen LogP) is 1.28. The Morgan fingerprint density at radius 3 is 2.68 bits per heavy atom. The SMILES string of the molecule is CCn1c(CNC(=O)c2nc(Cl)c(N)nc2N)nc2ccc(COCC(=O)OC)cc21. The van der Waals surface area contributed by atoms with Gasteiger partial charge in [0.25, 0.3) is 5.91 Å². The molecule has 0 aliphatic rings. The Hall–Kier alpha value is -3.44. The summed E-state index contributed by atoms with van der Waals surface area (Å²) in [6, 6.07) is 5.64. The number of methoxy groups -OCH3 is 1. The fourth-order valence-corrected chi connectivity index (χ4v) is 3.09. The maximum Gasteiger partial charge on any atom is 0.331 e. The van der Waals surface area contributed by atoms with Crippen molar-refractivity contribution in [2.75, 3.05) is 25.2 Å². The van der Waals surface area contributed by atoms with Crippen LogP contribution >= 0.6 is 11.6 Å². The first-order chi connectivity index (χ1) is 14.8. The summed E-state index contributed by atoms with van der Waals surface area (Å²) in [5, 5.41) is 2.63. The van der Waals surface area contributed by atoms with Gasteiger partial charge in [-0.25, -0.2) is 19.7 Å². The van der Waals surface area contributed by atoms with E-state index in [1.165, 1.54) is 7.11 Å². The highest BCUT2D eigenvalue weighted by Crippen LogP contribution is 2.20. The fourth-order valence-electron chi connectivity index (χ4n) is 2.96. The Bertz CT molecular complexity index is 1130. The van der Waals surface area contributed by atoms with Gasteiger partial charge in [-0.2, -0.15) is 0 Å². The van der Waals surface area contributed by atoms with E-state index in [-0.39, 0.29) is 42.2 Å². The average molecular weight is 448 g/mol. The summed E-state index contributed by atoms with van der Waals surface area (Å²) >= 11 is 5.84. The number of imidazole rings is 1. The van der Waals surface area contributed by atoms with Crippen LogP contribution in [0.4, 0.5) is 11.6 Å². The van der Waals surface area contributed by atoms with Crippen molar-refractivity contribution in [3.05, 3.63) is 40.4 Å². The number of halogens is 1. The van der Waals surface area contributed by atoms with Crippen LogP contribution in [0, 0.1) is 0 Å². The molecule has 0 bridgehead atoms. The third kappa shape index (κ3) is 5.01. The molecule has 164 valence electrons. The minimum absolute atomic E-state index is 0.0464. The van der Waals surface area contributed by atoms with Gasteiger partial charge in [0.2, 0.25) is 0 Å². The molecule has 0 atom stereocenters. The van der Waals surface area contributed by atoms with E-state index in [1.54, 1.807) is 0 Å². The molecular weight excluding hydrogens is 426 g/mol. The highest BCUT2D eigenvalue weighted by atomic mass is 35.5. The minimum atomic E-state index is -0.543. The second-order valence-electron chi connectivity index (χ2n) is 6.48. The number of hydrogen-bond donors (Lipinski definition) is 3. The summed E-state index contributed by atoms with van der Waals surface area (Å²) < 4.78 is 11.9. The number of hydrogen-bond acceptors (Lipinski definition) is 9. The van der Waals surface area contributed by atoms with Crippen molar-refractivity contribution in [1.82, 2.24) is 24.8 Å². The Labute approximate surface area is 182 Å². The van der Waals surface area contributed by atoms with Gasteiger partial charge >= 0.3 is 5.97 Å². The molecule has 0 unspecified atom stereocenters. The van der Waals surface area contributed by atoms with Crippen LogP contribution < -0.4 is 16.8 Å². The molecule has 5 N–H and O–H groups in total. The second-order valence-corrected chi connectivity index (χ2v) is 6.84. The number of aryl methyl sites for hydroxylation is 1. The Kier molecular flexibility index (Phi) is 6.88. The van der Waals surface area contributed by atoms with E-state index in [2.05, 4.69) is 25.0 Å². The van der Waals surface area contributed by atoms with Crippen LogP contribution in [-0.4, -0.2) is 45.1 Å². The number of nitrogens with two attached hydrogens (primary N) is 2. The molecule has 11 nitrogen and oxygen atoms in total. The number of esters is 1. The molecule has 0 spiro atoms. The standard InChI is InChI=1S/C19H22ClN7O4/c1-3-27-12-6-10(8-31-9-14(28)30-2)4-5-11(12)24-13(27)7-23-19(29)15-17(21)26-18(22)16(20)25-15/h4-6H,3,7-9H2,1-2H3,(H,23,29)(H4,21,22,26). The first-order valence-corrected chi connectivity index (χ1v) is 9.71. The molecule has 3 aromatic rings. The van der Waals surface area contributed by atoms with Crippen LogP contribution in [0.1, 0.15) is 28.8 Å². The topological polar surface area (TPSA) is 160 Å². The predicted molar refractivity (Wildman–Crippen MR) is 114 cm³/mol. The van der Waals surface area contributed by atoms with Crippen LogP contribution in [0.5, 0.6) is 0 Å². The van der Waals surface area contributed by atoms with Crippen LogP contribution in [0.2, 0.25) is 5.15 Å². The number of rotatable bonds is 8. The van der Waals surface area contributed by atoms with Gasteiger partial charge in [-0.3, -0.25) is 4.79 Å². The molecular formula is C19H22ClN7O4. The molecule has 0 fully saturated rings. The van der Waals surface area contributed by atoms with Crippen LogP contribution in [0.25, 0.3) is 11.0 Å².